The fourth-order valence-corrected chi connectivity index (χ4v) is 6.72. The molecule has 0 aromatic heterocycles. The van der Waals surface area contributed by atoms with Gasteiger partial charge in [-0.1, -0.05) is 206 Å². The molecule has 0 saturated heterocycles. The largest absolute Gasteiger partial charge is 0.462 e. The molecule has 53 heavy (non-hydrogen) atoms. The number of carbonyl (C=O) groups is 3. The van der Waals surface area contributed by atoms with Crippen LogP contribution in [0.1, 0.15) is 252 Å². The van der Waals surface area contributed by atoms with Gasteiger partial charge in [0.15, 0.2) is 6.10 Å². The topological polar surface area (TPSA) is 78.9 Å². The average Bonchev–Trinajstić information content (AvgIpc) is 3.15. The maximum atomic E-state index is 12.7. The third-order valence-electron chi connectivity index (χ3n) is 10.3. The van der Waals surface area contributed by atoms with Crippen LogP contribution in [0.25, 0.3) is 0 Å². The van der Waals surface area contributed by atoms with E-state index in [1.165, 1.54) is 148 Å². The Morgan fingerprint density at radius 2 is 0.642 bits per heavy atom. The van der Waals surface area contributed by atoms with E-state index in [0.717, 1.165) is 64.2 Å². The summed E-state index contributed by atoms with van der Waals surface area (Å²) in [5.41, 5.74) is 0. The number of unbranched alkanes of at least 4 members (excludes halogenated alkanes) is 29. The smallest absolute Gasteiger partial charge is 0.306 e. The summed E-state index contributed by atoms with van der Waals surface area (Å²) in [6.07, 6.45) is 44.7. The van der Waals surface area contributed by atoms with Gasteiger partial charge in [0, 0.05) is 19.3 Å². The summed E-state index contributed by atoms with van der Waals surface area (Å²) in [6.45, 7) is 6.60. The fourth-order valence-electron chi connectivity index (χ4n) is 6.72. The molecular weight excluding hydrogens is 661 g/mol. The first kappa shape index (κ1) is 51.1. The van der Waals surface area contributed by atoms with Crippen LogP contribution in [-0.2, 0) is 28.6 Å². The van der Waals surface area contributed by atoms with Crippen LogP contribution < -0.4 is 0 Å². The fraction of sp³-hybridized carbons (Fsp3) is 0.894. The van der Waals surface area contributed by atoms with Crippen molar-refractivity contribution in [1.82, 2.24) is 0 Å². The molecule has 0 saturated carbocycles. The summed E-state index contributed by atoms with van der Waals surface area (Å²) in [4.78, 5) is 37.7. The Morgan fingerprint density at radius 1 is 0.358 bits per heavy atom. The van der Waals surface area contributed by atoms with Gasteiger partial charge in [0.05, 0.1) is 0 Å². The molecule has 0 spiro atoms. The summed E-state index contributed by atoms with van der Waals surface area (Å²) in [5, 5.41) is 0. The third kappa shape index (κ3) is 41.2. The van der Waals surface area contributed by atoms with Gasteiger partial charge in [-0.2, -0.15) is 0 Å². The molecule has 6 nitrogen and oxygen atoms in total. The lowest BCUT2D eigenvalue weighted by atomic mass is 10.0. The van der Waals surface area contributed by atoms with Crippen LogP contribution >= 0.6 is 0 Å². The average molecular weight is 749 g/mol. The lowest BCUT2D eigenvalue weighted by Crippen LogP contribution is -2.30. The Bertz CT molecular complexity index is 824. The molecule has 0 aromatic rings. The van der Waals surface area contributed by atoms with Gasteiger partial charge in [0.1, 0.15) is 13.2 Å². The molecule has 0 amide bonds. The molecule has 0 radical (unpaired) electrons. The summed E-state index contributed by atoms with van der Waals surface area (Å²) >= 11 is 0. The summed E-state index contributed by atoms with van der Waals surface area (Å²) in [6, 6.07) is 0. The van der Waals surface area contributed by atoms with Crippen LogP contribution in [0.3, 0.4) is 0 Å². The zero-order valence-electron chi connectivity index (χ0n) is 35.6. The number of allylic oxidation sites excluding steroid dienone is 2. The molecule has 0 aliphatic heterocycles. The summed E-state index contributed by atoms with van der Waals surface area (Å²) < 4.78 is 16.7. The van der Waals surface area contributed by atoms with Crippen molar-refractivity contribution in [2.45, 2.75) is 258 Å². The summed E-state index contributed by atoms with van der Waals surface area (Å²) in [5.74, 6) is -0.870. The quantitative estimate of drug-likeness (QED) is 0.0268. The first-order valence-electron chi connectivity index (χ1n) is 23.2. The highest BCUT2D eigenvalue weighted by atomic mass is 16.6. The number of esters is 3. The number of ether oxygens (including phenoxy) is 3. The minimum atomic E-state index is -0.764. The molecule has 0 aliphatic carbocycles. The van der Waals surface area contributed by atoms with Crippen molar-refractivity contribution in [2.75, 3.05) is 13.2 Å². The third-order valence-corrected chi connectivity index (χ3v) is 10.3. The Labute approximate surface area is 329 Å². The van der Waals surface area contributed by atoms with E-state index >= 15 is 0 Å². The Kier molecular flexibility index (Phi) is 41.4. The van der Waals surface area contributed by atoms with Crippen molar-refractivity contribution in [3.05, 3.63) is 12.2 Å². The number of rotatable bonds is 42. The van der Waals surface area contributed by atoms with Crippen LogP contribution in [0.2, 0.25) is 0 Å². The second-order valence-electron chi connectivity index (χ2n) is 15.7. The second-order valence-corrected chi connectivity index (χ2v) is 15.7. The molecule has 0 N–H and O–H groups in total. The van der Waals surface area contributed by atoms with Crippen molar-refractivity contribution >= 4 is 17.9 Å². The molecule has 0 rings (SSSR count). The van der Waals surface area contributed by atoms with Crippen molar-refractivity contribution in [2.24, 2.45) is 0 Å². The Morgan fingerprint density at radius 3 is 1.00 bits per heavy atom. The molecule has 6 heteroatoms. The summed E-state index contributed by atoms with van der Waals surface area (Å²) in [7, 11) is 0. The van der Waals surface area contributed by atoms with Gasteiger partial charge in [0.25, 0.3) is 0 Å². The van der Waals surface area contributed by atoms with E-state index in [9.17, 15) is 14.4 Å². The molecule has 0 bridgehead atoms. The number of carbonyl (C=O) groups excluding carboxylic acids is 3. The highest BCUT2D eigenvalue weighted by molar-refractivity contribution is 5.71. The predicted molar refractivity (Wildman–Crippen MR) is 224 cm³/mol. The van der Waals surface area contributed by atoms with E-state index in [2.05, 4.69) is 32.9 Å². The zero-order chi connectivity index (χ0) is 38.7. The van der Waals surface area contributed by atoms with E-state index < -0.39 is 6.10 Å². The monoisotopic (exact) mass is 749 g/mol. The highest BCUT2D eigenvalue weighted by Gasteiger charge is 2.19. The predicted octanol–water partition coefficient (Wildman–Crippen LogP) is 14.6. The van der Waals surface area contributed by atoms with Crippen molar-refractivity contribution in [1.29, 1.82) is 0 Å². The van der Waals surface area contributed by atoms with Gasteiger partial charge in [0.2, 0.25) is 0 Å². The molecule has 312 valence electrons. The van der Waals surface area contributed by atoms with Crippen LogP contribution in [0.5, 0.6) is 0 Å². The first-order chi connectivity index (χ1) is 26.0. The van der Waals surface area contributed by atoms with E-state index in [1.807, 2.05) is 0 Å². The van der Waals surface area contributed by atoms with E-state index in [1.54, 1.807) is 0 Å². The van der Waals surface area contributed by atoms with Crippen molar-refractivity contribution < 1.29 is 28.6 Å². The molecular formula is C47H88O6. The van der Waals surface area contributed by atoms with Crippen LogP contribution in [-0.4, -0.2) is 37.2 Å². The highest BCUT2D eigenvalue weighted by Crippen LogP contribution is 2.15. The van der Waals surface area contributed by atoms with E-state index in [-0.39, 0.29) is 31.1 Å². The Hall–Kier alpha value is -1.85. The van der Waals surface area contributed by atoms with E-state index in [4.69, 9.17) is 14.2 Å². The van der Waals surface area contributed by atoms with Crippen LogP contribution in [0, 0.1) is 0 Å². The van der Waals surface area contributed by atoms with Gasteiger partial charge >= 0.3 is 17.9 Å². The molecule has 1 atom stereocenters. The first-order valence-corrected chi connectivity index (χ1v) is 23.2. The normalized spacial score (nSPS) is 12.0. The molecule has 0 unspecified atom stereocenters. The Balaban J connectivity index is 4.34. The van der Waals surface area contributed by atoms with Gasteiger partial charge in [-0.15, -0.1) is 0 Å². The van der Waals surface area contributed by atoms with Gasteiger partial charge in [-0.05, 0) is 38.5 Å². The standard InChI is InChI=1S/C47H88O6/c1-4-7-10-13-16-19-22-23-26-29-32-35-38-41-47(50)53-44(42-51-45(48)39-36-33-30-27-24-20-17-14-11-8-5-2)43-52-46(49)40-37-34-31-28-25-21-18-15-12-9-6-3/h14,17,44H,4-13,15-16,18-43H2,1-3H3/b17-14-/t44-/m1/s1. The number of hydrogen-bond donors (Lipinski definition) is 0. The van der Waals surface area contributed by atoms with Crippen molar-refractivity contribution in [3.8, 4) is 0 Å². The maximum absolute atomic E-state index is 12.7. The number of hydrogen-bond acceptors (Lipinski definition) is 6. The zero-order valence-corrected chi connectivity index (χ0v) is 35.6. The van der Waals surface area contributed by atoms with E-state index in [0.29, 0.717) is 19.3 Å². The van der Waals surface area contributed by atoms with Crippen LogP contribution in [0.15, 0.2) is 12.2 Å². The maximum Gasteiger partial charge on any atom is 0.306 e. The molecule has 0 fully saturated rings. The minimum absolute atomic E-state index is 0.0681. The second kappa shape index (κ2) is 42.9. The SMILES string of the molecule is CCCC/C=C\CCCCCCCC(=O)OC[C@H](COC(=O)CCCCCCCCCCCCC)OC(=O)CCCCCCCCCCCCCCC. The van der Waals surface area contributed by atoms with Gasteiger partial charge in [-0.25, -0.2) is 0 Å². The van der Waals surface area contributed by atoms with Crippen molar-refractivity contribution in [3.63, 3.8) is 0 Å². The van der Waals surface area contributed by atoms with Gasteiger partial charge < -0.3 is 14.2 Å². The molecule has 0 heterocycles. The lowest BCUT2D eigenvalue weighted by molar-refractivity contribution is -0.167. The molecule has 0 aromatic carbocycles. The van der Waals surface area contributed by atoms with Crippen LogP contribution in [0.4, 0.5) is 0 Å². The minimum Gasteiger partial charge on any atom is -0.462 e. The molecule has 0 aliphatic rings. The lowest BCUT2D eigenvalue weighted by Gasteiger charge is -2.18. The van der Waals surface area contributed by atoms with Gasteiger partial charge in [-0.3, -0.25) is 14.4 Å².